The minimum atomic E-state index is -0.237. The second-order valence-corrected chi connectivity index (χ2v) is 6.22. The zero-order valence-electron chi connectivity index (χ0n) is 14.4. The van der Waals surface area contributed by atoms with Crippen molar-refractivity contribution in [3.63, 3.8) is 0 Å². The van der Waals surface area contributed by atoms with Crippen LogP contribution in [0.2, 0.25) is 5.02 Å². The van der Waals surface area contributed by atoms with E-state index in [9.17, 15) is 9.59 Å². The van der Waals surface area contributed by atoms with Gasteiger partial charge in [-0.3, -0.25) is 14.2 Å². The number of hydrogen-bond acceptors (Lipinski definition) is 4. The maximum absolute atomic E-state index is 12.0. The summed E-state index contributed by atoms with van der Waals surface area (Å²) in [6.45, 7) is 0.637. The molecule has 0 aliphatic heterocycles. The molecule has 7 nitrogen and oxygen atoms in total. The van der Waals surface area contributed by atoms with Crippen molar-refractivity contribution in [1.82, 2.24) is 25.2 Å². The summed E-state index contributed by atoms with van der Waals surface area (Å²) in [5, 5.41) is 6.11. The molecule has 3 rings (SSSR count). The normalized spacial score (nSPS) is 10.4. The molecule has 0 atom stereocenters. The van der Waals surface area contributed by atoms with Crippen molar-refractivity contribution in [2.75, 3.05) is 6.54 Å². The third kappa shape index (κ3) is 5.39. The Hall–Kier alpha value is -3.19. The summed E-state index contributed by atoms with van der Waals surface area (Å²) in [6.07, 6.45) is 7.01. The van der Waals surface area contributed by atoms with E-state index in [1.807, 2.05) is 12.1 Å². The number of pyridine rings is 1. The average molecular weight is 384 g/mol. The van der Waals surface area contributed by atoms with Crippen LogP contribution in [0.25, 0.3) is 5.82 Å². The Bertz CT molecular complexity index is 910. The van der Waals surface area contributed by atoms with Gasteiger partial charge >= 0.3 is 0 Å². The summed E-state index contributed by atoms with van der Waals surface area (Å²) in [5.74, 6) is 0.348. The molecule has 0 unspecified atom stereocenters. The fourth-order valence-electron chi connectivity index (χ4n) is 2.39. The summed E-state index contributed by atoms with van der Waals surface area (Å²) in [7, 11) is 0. The van der Waals surface area contributed by atoms with Crippen LogP contribution in [0.1, 0.15) is 22.3 Å². The zero-order chi connectivity index (χ0) is 19.1. The Kier molecular flexibility index (Phi) is 6.17. The fraction of sp³-hybridized carbons (Fsp3) is 0.158. The number of aromatic nitrogens is 3. The molecule has 2 amide bonds. The van der Waals surface area contributed by atoms with Crippen molar-refractivity contribution < 1.29 is 9.59 Å². The predicted molar refractivity (Wildman–Crippen MR) is 102 cm³/mol. The monoisotopic (exact) mass is 383 g/mol. The molecule has 2 N–H and O–H groups in total. The number of nitrogens with zero attached hydrogens (tertiary/aromatic N) is 3. The first-order valence-electron chi connectivity index (χ1n) is 8.35. The van der Waals surface area contributed by atoms with Crippen molar-refractivity contribution in [1.29, 1.82) is 0 Å². The van der Waals surface area contributed by atoms with E-state index in [1.165, 1.54) is 0 Å². The molecule has 0 bridgehead atoms. The highest BCUT2D eigenvalue weighted by atomic mass is 35.5. The van der Waals surface area contributed by atoms with Gasteiger partial charge in [-0.2, -0.15) is 0 Å². The molecule has 3 aromatic rings. The number of halogens is 1. The van der Waals surface area contributed by atoms with E-state index < -0.39 is 0 Å². The van der Waals surface area contributed by atoms with Gasteiger partial charge in [0.2, 0.25) is 5.91 Å². The zero-order valence-corrected chi connectivity index (χ0v) is 15.2. The van der Waals surface area contributed by atoms with E-state index >= 15 is 0 Å². The van der Waals surface area contributed by atoms with Gasteiger partial charge in [0.1, 0.15) is 12.1 Å². The van der Waals surface area contributed by atoms with Crippen LogP contribution in [0.15, 0.2) is 61.3 Å². The minimum absolute atomic E-state index is 0.146. The van der Waals surface area contributed by atoms with Gasteiger partial charge in [0.15, 0.2) is 0 Å². The highest BCUT2D eigenvalue weighted by Gasteiger charge is 2.07. The van der Waals surface area contributed by atoms with E-state index in [4.69, 9.17) is 11.6 Å². The lowest BCUT2D eigenvalue weighted by molar-refractivity contribution is -0.121. The molecule has 0 aliphatic carbocycles. The SMILES string of the molecule is O=C(CCNC(=O)c1ccc(Cl)cc1)NCc1ccnc(-n2ccnc2)c1. The molecule has 138 valence electrons. The van der Waals surface area contributed by atoms with Crippen LogP contribution in [-0.4, -0.2) is 32.9 Å². The summed E-state index contributed by atoms with van der Waals surface area (Å²) in [5.41, 5.74) is 1.43. The molecular formula is C19H18ClN5O2. The van der Waals surface area contributed by atoms with Crippen molar-refractivity contribution in [2.45, 2.75) is 13.0 Å². The Morgan fingerprint density at radius 3 is 2.63 bits per heavy atom. The first-order valence-corrected chi connectivity index (χ1v) is 8.73. The summed E-state index contributed by atoms with van der Waals surface area (Å²) in [6, 6.07) is 10.3. The van der Waals surface area contributed by atoms with Crippen LogP contribution in [0.3, 0.4) is 0 Å². The van der Waals surface area contributed by atoms with Crippen molar-refractivity contribution in [3.05, 3.63) is 77.5 Å². The Morgan fingerprint density at radius 2 is 1.89 bits per heavy atom. The van der Waals surface area contributed by atoms with Gasteiger partial charge in [-0.1, -0.05) is 11.6 Å². The predicted octanol–water partition coefficient (Wildman–Crippen LogP) is 2.36. The van der Waals surface area contributed by atoms with Gasteiger partial charge in [-0.05, 0) is 42.0 Å². The second-order valence-electron chi connectivity index (χ2n) is 5.78. The lowest BCUT2D eigenvalue weighted by Crippen LogP contribution is -2.30. The van der Waals surface area contributed by atoms with E-state index in [0.29, 0.717) is 17.1 Å². The molecule has 2 heterocycles. The van der Waals surface area contributed by atoms with E-state index in [1.54, 1.807) is 53.8 Å². The largest absolute Gasteiger partial charge is 0.352 e. The molecule has 0 saturated carbocycles. The first kappa shape index (κ1) is 18.6. The van der Waals surface area contributed by atoms with Crippen molar-refractivity contribution in [3.8, 4) is 5.82 Å². The molecule has 0 spiro atoms. The number of imidazole rings is 1. The van der Waals surface area contributed by atoms with Gasteiger partial charge in [-0.25, -0.2) is 9.97 Å². The third-order valence-electron chi connectivity index (χ3n) is 3.81. The quantitative estimate of drug-likeness (QED) is 0.655. The highest BCUT2D eigenvalue weighted by Crippen LogP contribution is 2.09. The van der Waals surface area contributed by atoms with Crippen LogP contribution in [0.5, 0.6) is 0 Å². The third-order valence-corrected chi connectivity index (χ3v) is 4.06. The Labute approximate surface area is 161 Å². The molecule has 0 radical (unpaired) electrons. The van der Waals surface area contributed by atoms with E-state index in [0.717, 1.165) is 11.4 Å². The lowest BCUT2D eigenvalue weighted by Gasteiger charge is -2.08. The van der Waals surface area contributed by atoms with Crippen LogP contribution in [0.4, 0.5) is 0 Å². The van der Waals surface area contributed by atoms with Crippen molar-refractivity contribution in [2.24, 2.45) is 0 Å². The number of carbonyl (C=O) groups excluding carboxylic acids is 2. The highest BCUT2D eigenvalue weighted by molar-refractivity contribution is 6.30. The van der Waals surface area contributed by atoms with Gasteiger partial charge in [-0.15, -0.1) is 0 Å². The second kappa shape index (κ2) is 8.95. The summed E-state index contributed by atoms with van der Waals surface area (Å²) >= 11 is 5.79. The molecule has 8 heteroatoms. The summed E-state index contributed by atoms with van der Waals surface area (Å²) in [4.78, 5) is 32.2. The number of amides is 2. The number of carbonyl (C=O) groups is 2. The van der Waals surface area contributed by atoms with Crippen LogP contribution >= 0.6 is 11.6 Å². The first-order chi connectivity index (χ1) is 13.1. The fourth-order valence-corrected chi connectivity index (χ4v) is 2.51. The van der Waals surface area contributed by atoms with Gasteiger partial charge < -0.3 is 10.6 Å². The van der Waals surface area contributed by atoms with Crippen LogP contribution in [-0.2, 0) is 11.3 Å². The molecule has 27 heavy (non-hydrogen) atoms. The minimum Gasteiger partial charge on any atom is -0.352 e. The summed E-state index contributed by atoms with van der Waals surface area (Å²) < 4.78 is 1.79. The Morgan fingerprint density at radius 1 is 1.07 bits per heavy atom. The topological polar surface area (TPSA) is 88.9 Å². The van der Waals surface area contributed by atoms with Gasteiger partial charge in [0.25, 0.3) is 5.91 Å². The van der Waals surface area contributed by atoms with E-state index in [-0.39, 0.29) is 24.8 Å². The molecule has 0 saturated heterocycles. The molecule has 2 aromatic heterocycles. The number of rotatable bonds is 7. The number of nitrogens with one attached hydrogen (secondary N) is 2. The smallest absolute Gasteiger partial charge is 0.251 e. The number of benzene rings is 1. The maximum Gasteiger partial charge on any atom is 0.251 e. The molecular weight excluding hydrogens is 366 g/mol. The van der Waals surface area contributed by atoms with Crippen molar-refractivity contribution >= 4 is 23.4 Å². The standard InChI is InChI=1S/C19H18ClN5O2/c20-16-3-1-15(2-4-16)19(27)23-8-6-18(26)24-12-14-5-7-22-17(11-14)25-10-9-21-13-25/h1-5,7,9-11,13H,6,8,12H2,(H,23,27)(H,24,26). The van der Waals surface area contributed by atoms with Crippen LogP contribution < -0.4 is 10.6 Å². The average Bonchev–Trinajstić information content (AvgIpc) is 3.22. The van der Waals surface area contributed by atoms with Gasteiger partial charge in [0, 0.05) is 48.7 Å². The van der Waals surface area contributed by atoms with E-state index in [2.05, 4.69) is 20.6 Å². The van der Waals surface area contributed by atoms with Crippen LogP contribution in [0, 0.1) is 0 Å². The number of hydrogen-bond donors (Lipinski definition) is 2. The lowest BCUT2D eigenvalue weighted by atomic mass is 10.2. The van der Waals surface area contributed by atoms with Gasteiger partial charge in [0.05, 0.1) is 0 Å². The molecule has 0 fully saturated rings. The Balaban J connectivity index is 1.43. The molecule has 0 aliphatic rings. The molecule has 1 aromatic carbocycles. The maximum atomic E-state index is 12.0.